The lowest BCUT2D eigenvalue weighted by molar-refractivity contribution is -0.131. The molecule has 1 atom stereocenters. The van der Waals surface area contributed by atoms with Gasteiger partial charge in [-0.25, -0.2) is 8.42 Å². The molecule has 1 heterocycles. The second kappa shape index (κ2) is 7.92. The molecule has 4 N–H and O–H groups in total. The van der Waals surface area contributed by atoms with Crippen LogP contribution in [-0.2, 0) is 19.4 Å². The van der Waals surface area contributed by atoms with E-state index in [9.17, 15) is 18.0 Å². The van der Waals surface area contributed by atoms with E-state index in [0.717, 1.165) is 0 Å². The van der Waals surface area contributed by atoms with Gasteiger partial charge in [-0.05, 0) is 19.3 Å². The number of carbonyl (C=O) groups excluding carboxylic acids is 2. The molecule has 1 aliphatic heterocycles. The Hall–Kier alpha value is -1.15. The summed E-state index contributed by atoms with van der Waals surface area (Å²) in [7, 11) is -3.00. The Morgan fingerprint density at radius 1 is 1.27 bits per heavy atom. The third-order valence-electron chi connectivity index (χ3n) is 4.46. The van der Waals surface area contributed by atoms with Crippen molar-refractivity contribution in [2.24, 2.45) is 11.1 Å². The van der Waals surface area contributed by atoms with Crippen molar-refractivity contribution < 1.29 is 18.0 Å². The van der Waals surface area contributed by atoms with Crippen LogP contribution >= 0.6 is 0 Å². The lowest BCUT2D eigenvalue weighted by Gasteiger charge is -2.28. The molecular weight excluding hydrogens is 306 g/mol. The van der Waals surface area contributed by atoms with Gasteiger partial charge in [0.15, 0.2) is 9.84 Å². The fourth-order valence-corrected chi connectivity index (χ4v) is 4.31. The number of rotatable bonds is 8. The highest BCUT2D eigenvalue weighted by atomic mass is 32.2. The van der Waals surface area contributed by atoms with Gasteiger partial charge in [0.05, 0.1) is 16.9 Å². The van der Waals surface area contributed by atoms with Crippen molar-refractivity contribution in [1.82, 2.24) is 10.6 Å². The van der Waals surface area contributed by atoms with Crippen LogP contribution in [0.1, 0.15) is 39.5 Å². The van der Waals surface area contributed by atoms with Crippen LogP contribution in [0.2, 0.25) is 0 Å². The Balaban J connectivity index is 2.35. The minimum Gasteiger partial charge on any atom is -0.355 e. The second-order valence-corrected chi connectivity index (χ2v) is 8.09. The molecule has 1 fully saturated rings. The molecule has 22 heavy (non-hydrogen) atoms. The van der Waals surface area contributed by atoms with E-state index in [-0.39, 0.29) is 48.9 Å². The maximum absolute atomic E-state index is 12.2. The van der Waals surface area contributed by atoms with Crippen LogP contribution in [0.3, 0.4) is 0 Å². The molecule has 0 aromatic rings. The Kier molecular flexibility index (Phi) is 6.80. The highest BCUT2D eigenvalue weighted by molar-refractivity contribution is 7.91. The van der Waals surface area contributed by atoms with Crippen LogP contribution in [0.25, 0.3) is 0 Å². The van der Waals surface area contributed by atoms with Crippen LogP contribution in [0.4, 0.5) is 0 Å². The first kappa shape index (κ1) is 18.9. The van der Waals surface area contributed by atoms with Gasteiger partial charge in [-0.1, -0.05) is 13.8 Å². The minimum atomic E-state index is -3.00. The quantitative estimate of drug-likeness (QED) is 0.556. The first-order valence-electron chi connectivity index (χ1n) is 7.76. The molecule has 0 radical (unpaired) electrons. The predicted molar refractivity (Wildman–Crippen MR) is 84.9 cm³/mol. The first-order valence-corrected chi connectivity index (χ1v) is 9.59. The number of hydrogen-bond acceptors (Lipinski definition) is 5. The van der Waals surface area contributed by atoms with Gasteiger partial charge in [-0.15, -0.1) is 0 Å². The largest absolute Gasteiger partial charge is 0.355 e. The molecule has 2 amide bonds. The third-order valence-corrected chi connectivity index (χ3v) is 6.23. The molecule has 0 aromatic heterocycles. The molecule has 8 heteroatoms. The van der Waals surface area contributed by atoms with Crippen LogP contribution in [0.15, 0.2) is 0 Å². The zero-order valence-corrected chi connectivity index (χ0v) is 14.2. The summed E-state index contributed by atoms with van der Waals surface area (Å²) in [6.45, 7) is 4.34. The van der Waals surface area contributed by atoms with Crippen LogP contribution in [0, 0.1) is 5.41 Å². The molecular formula is C14H27N3O4S. The summed E-state index contributed by atoms with van der Waals surface area (Å²) in [6.07, 6.45) is 1.90. The molecule has 1 unspecified atom stereocenters. The second-order valence-electron chi connectivity index (χ2n) is 5.86. The lowest BCUT2D eigenvalue weighted by atomic mass is 9.81. The van der Waals surface area contributed by atoms with Crippen molar-refractivity contribution >= 4 is 21.7 Å². The molecule has 128 valence electrons. The normalized spacial score (nSPS) is 20.6. The van der Waals surface area contributed by atoms with Gasteiger partial charge in [0, 0.05) is 25.6 Å². The van der Waals surface area contributed by atoms with Crippen molar-refractivity contribution in [2.45, 2.75) is 45.6 Å². The van der Waals surface area contributed by atoms with Gasteiger partial charge in [0.2, 0.25) is 11.8 Å². The van der Waals surface area contributed by atoms with E-state index in [1.165, 1.54) is 0 Å². The average molecular weight is 333 g/mol. The zero-order valence-electron chi connectivity index (χ0n) is 13.4. The molecule has 0 aliphatic carbocycles. The Morgan fingerprint density at radius 3 is 2.36 bits per heavy atom. The van der Waals surface area contributed by atoms with Gasteiger partial charge in [-0.2, -0.15) is 0 Å². The summed E-state index contributed by atoms with van der Waals surface area (Å²) in [4.78, 5) is 23.9. The summed E-state index contributed by atoms with van der Waals surface area (Å²) in [5.41, 5.74) is 5.13. The van der Waals surface area contributed by atoms with E-state index in [1.807, 2.05) is 13.8 Å². The van der Waals surface area contributed by atoms with Crippen molar-refractivity contribution in [2.75, 3.05) is 24.6 Å². The fourth-order valence-electron chi connectivity index (χ4n) is 2.64. The molecule has 1 saturated heterocycles. The highest BCUT2D eigenvalue weighted by Crippen LogP contribution is 2.24. The smallest absolute Gasteiger partial charge is 0.227 e. The predicted octanol–water partition coefficient (Wildman–Crippen LogP) is -0.439. The van der Waals surface area contributed by atoms with E-state index >= 15 is 0 Å². The van der Waals surface area contributed by atoms with E-state index in [0.29, 0.717) is 19.3 Å². The van der Waals surface area contributed by atoms with Crippen LogP contribution < -0.4 is 16.4 Å². The third kappa shape index (κ3) is 4.95. The van der Waals surface area contributed by atoms with Crippen molar-refractivity contribution in [1.29, 1.82) is 0 Å². The Bertz CT molecular complexity index is 492. The number of sulfone groups is 1. The van der Waals surface area contributed by atoms with Crippen molar-refractivity contribution in [3.63, 3.8) is 0 Å². The SMILES string of the molecule is CCC(CC)(CN)C(=O)NCCC(=O)NC1CCS(=O)(=O)C1. The molecule has 1 aliphatic rings. The Morgan fingerprint density at radius 2 is 1.91 bits per heavy atom. The maximum Gasteiger partial charge on any atom is 0.227 e. The minimum absolute atomic E-state index is 0.00700. The monoisotopic (exact) mass is 333 g/mol. The summed E-state index contributed by atoms with van der Waals surface area (Å²) in [6, 6.07) is -0.303. The number of nitrogens with two attached hydrogens (primary N) is 1. The van der Waals surface area contributed by atoms with Gasteiger partial charge < -0.3 is 16.4 Å². The van der Waals surface area contributed by atoms with Crippen LogP contribution in [0.5, 0.6) is 0 Å². The lowest BCUT2D eigenvalue weighted by Crippen LogP contribution is -2.46. The van der Waals surface area contributed by atoms with Gasteiger partial charge in [0.25, 0.3) is 0 Å². The van der Waals surface area contributed by atoms with E-state index in [1.54, 1.807) is 0 Å². The summed E-state index contributed by atoms with van der Waals surface area (Å²) < 4.78 is 22.6. The van der Waals surface area contributed by atoms with Crippen molar-refractivity contribution in [3.8, 4) is 0 Å². The van der Waals surface area contributed by atoms with Gasteiger partial charge in [0.1, 0.15) is 0 Å². The molecule has 1 rings (SSSR count). The van der Waals surface area contributed by atoms with E-state index in [2.05, 4.69) is 10.6 Å². The van der Waals surface area contributed by atoms with Crippen LogP contribution in [-0.4, -0.2) is 50.9 Å². The molecule has 0 bridgehead atoms. The average Bonchev–Trinajstić information content (AvgIpc) is 2.80. The number of nitrogens with one attached hydrogen (secondary N) is 2. The zero-order chi connectivity index (χ0) is 16.8. The number of hydrogen-bond donors (Lipinski definition) is 3. The molecule has 0 aromatic carbocycles. The van der Waals surface area contributed by atoms with Gasteiger partial charge >= 0.3 is 0 Å². The van der Waals surface area contributed by atoms with E-state index in [4.69, 9.17) is 5.73 Å². The fraction of sp³-hybridized carbons (Fsp3) is 0.857. The molecule has 0 saturated carbocycles. The first-order chi connectivity index (χ1) is 10.3. The standard InChI is InChI=1S/C14H27N3O4S/c1-3-14(4-2,10-15)13(19)16-7-5-12(18)17-11-6-8-22(20,21)9-11/h11H,3-10,15H2,1-2H3,(H,16,19)(H,17,18). The molecule has 0 spiro atoms. The maximum atomic E-state index is 12.2. The van der Waals surface area contributed by atoms with Crippen molar-refractivity contribution in [3.05, 3.63) is 0 Å². The summed E-state index contributed by atoms with van der Waals surface area (Å²) in [5, 5.41) is 5.45. The number of amides is 2. The summed E-state index contributed by atoms with van der Waals surface area (Å²) >= 11 is 0. The highest BCUT2D eigenvalue weighted by Gasteiger charge is 2.33. The topological polar surface area (TPSA) is 118 Å². The number of carbonyl (C=O) groups is 2. The molecule has 7 nitrogen and oxygen atoms in total. The summed E-state index contributed by atoms with van der Waals surface area (Å²) in [5.74, 6) is -0.238. The van der Waals surface area contributed by atoms with E-state index < -0.39 is 15.3 Å². The Labute approximate surface area is 132 Å². The van der Waals surface area contributed by atoms with Gasteiger partial charge in [-0.3, -0.25) is 9.59 Å².